The smallest absolute Gasteiger partial charge is 0.181 e. The predicted octanol–water partition coefficient (Wildman–Crippen LogP) is 3.79. The minimum Gasteiger partial charge on any atom is -0.300 e. The fraction of sp³-hybridized carbons (Fsp3) is 0.458. The van der Waals surface area contributed by atoms with Crippen molar-refractivity contribution in [3.8, 4) is 0 Å². The standard InChI is InChI=1S/C24H26N2O4S/c27-19-5-1-15(11-19)12-21(23(28)14-18-9-10-25-26-18)17-4-8-24(22(13-17)16-2-3-16)31(29,30)20-6-7-20/h4,8-10,12-13,15-16,20H,1-3,5-7,11,14H2,(H,25,26)/b21-12+/t15-/m0/s1. The molecule has 1 N–H and O–H groups in total. The van der Waals surface area contributed by atoms with Gasteiger partial charge >= 0.3 is 0 Å². The number of nitrogens with one attached hydrogen (secondary N) is 1. The number of aromatic amines is 1. The number of H-pyrrole nitrogens is 1. The van der Waals surface area contributed by atoms with Crippen LogP contribution in [0, 0.1) is 5.92 Å². The predicted molar refractivity (Wildman–Crippen MR) is 116 cm³/mol. The molecule has 31 heavy (non-hydrogen) atoms. The normalized spacial score (nSPS) is 22.1. The quantitative estimate of drug-likeness (QED) is 0.633. The maximum Gasteiger partial charge on any atom is 0.181 e. The SMILES string of the molecule is O=C1CC[C@H](/C=C(/C(=O)Cc2ccn[nH]2)c2ccc(S(=O)(=O)C3CC3)c(C3CC3)c2)C1. The van der Waals surface area contributed by atoms with Crippen molar-refractivity contribution in [2.45, 2.75) is 67.4 Å². The minimum absolute atomic E-state index is 0.0486. The Morgan fingerprint density at radius 2 is 1.94 bits per heavy atom. The number of rotatable bonds is 8. The number of aromatic nitrogens is 2. The highest BCUT2D eigenvalue weighted by Crippen LogP contribution is 2.46. The number of carbonyl (C=O) groups excluding carboxylic acids is 2. The van der Waals surface area contributed by atoms with Crippen LogP contribution in [0.15, 0.2) is 41.4 Å². The first-order chi connectivity index (χ1) is 14.9. The van der Waals surface area contributed by atoms with Gasteiger partial charge in [0, 0.05) is 30.3 Å². The van der Waals surface area contributed by atoms with Crippen molar-refractivity contribution in [2.24, 2.45) is 5.92 Å². The molecule has 1 atom stereocenters. The zero-order chi connectivity index (χ0) is 21.6. The van der Waals surface area contributed by atoms with Gasteiger partial charge in [-0.05, 0) is 73.3 Å². The Kier molecular flexibility index (Phi) is 5.16. The molecule has 1 heterocycles. The van der Waals surface area contributed by atoms with Crippen molar-refractivity contribution in [1.82, 2.24) is 10.2 Å². The molecule has 0 bridgehead atoms. The molecule has 0 aliphatic heterocycles. The summed E-state index contributed by atoms with van der Waals surface area (Å²) in [4.78, 5) is 25.5. The molecule has 162 valence electrons. The first-order valence-electron chi connectivity index (χ1n) is 11.0. The molecule has 3 fully saturated rings. The van der Waals surface area contributed by atoms with Crippen molar-refractivity contribution >= 4 is 27.0 Å². The van der Waals surface area contributed by atoms with Crippen LogP contribution in [0.4, 0.5) is 0 Å². The molecular weight excluding hydrogens is 412 g/mol. The second-order valence-electron chi connectivity index (χ2n) is 9.07. The third-order valence-corrected chi connectivity index (χ3v) is 8.84. The molecule has 0 radical (unpaired) electrons. The molecule has 3 aliphatic carbocycles. The third-order valence-electron chi connectivity index (χ3n) is 6.50. The monoisotopic (exact) mass is 438 g/mol. The van der Waals surface area contributed by atoms with E-state index in [1.165, 1.54) is 0 Å². The Hall–Kier alpha value is -2.54. The van der Waals surface area contributed by atoms with Gasteiger partial charge in [0.1, 0.15) is 5.78 Å². The summed E-state index contributed by atoms with van der Waals surface area (Å²) in [6.45, 7) is 0. The fourth-order valence-corrected chi connectivity index (χ4v) is 6.40. The molecule has 1 aromatic carbocycles. The van der Waals surface area contributed by atoms with Crippen molar-refractivity contribution in [3.05, 3.63) is 53.4 Å². The van der Waals surface area contributed by atoms with Gasteiger partial charge in [0.25, 0.3) is 0 Å². The van der Waals surface area contributed by atoms with Crippen molar-refractivity contribution in [3.63, 3.8) is 0 Å². The van der Waals surface area contributed by atoms with Gasteiger partial charge in [-0.15, -0.1) is 0 Å². The molecule has 5 rings (SSSR count). The van der Waals surface area contributed by atoms with E-state index in [9.17, 15) is 18.0 Å². The van der Waals surface area contributed by atoms with E-state index in [1.54, 1.807) is 24.4 Å². The van der Waals surface area contributed by atoms with Gasteiger partial charge in [-0.25, -0.2) is 8.42 Å². The lowest BCUT2D eigenvalue weighted by atomic mass is 9.92. The van der Waals surface area contributed by atoms with E-state index in [-0.39, 0.29) is 35.1 Å². The van der Waals surface area contributed by atoms with Gasteiger partial charge in [0.2, 0.25) is 0 Å². The van der Waals surface area contributed by atoms with Gasteiger partial charge < -0.3 is 0 Å². The number of hydrogen-bond acceptors (Lipinski definition) is 5. The van der Waals surface area contributed by atoms with Gasteiger partial charge in [0.15, 0.2) is 15.6 Å². The summed E-state index contributed by atoms with van der Waals surface area (Å²) in [5.41, 5.74) is 2.91. The van der Waals surface area contributed by atoms with Crippen molar-refractivity contribution in [2.75, 3.05) is 0 Å². The molecule has 0 spiro atoms. The molecule has 6 nitrogen and oxygen atoms in total. The molecule has 1 aromatic heterocycles. The van der Waals surface area contributed by atoms with E-state index in [0.717, 1.165) is 48.9 Å². The highest BCUT2D eigenvalue weighted by molar-refractivity contribution is 7.92. The van der Waals surface area contributed by atoms with Gasteiger partial charge in [-0.1, -0.05) is 12.1 Å². The van der Waals surface area contributed by atoms with E-state index in [1.807, 2.05) is 12.1 Å². The van der Waals surface area contributed by atoms with Crippen molar-refractivity contribution in [1.29, 1.82) is 0 Å². The van der Waals surface area contributed by atoms with Crippen LogP contribution < -0.4 is 0 Å². The van der Waals surface area contributed by atoms with Crippen LogP contribution in [0.5, 0.6) is 0 Å². The Balaban J connectivity index is 1.53. The molecule has 3 aliphatic rings. The van der Waals surface area contributed by atoms with Crippen LogP contribution in [-0.2, 0) is 25.8 Å². The molecule has 7 heteroatoms. The van der Waals surface area contributed by atoms with Crippen LogP contribution in [0.1, 0.15) is 67.7 Å². The van der Waals surface area contributed by atoms with Gasteiger partial charge in [0.05, 0.1) is 16.6 Å². The van der Waals surface area contributed by atoms with Gasteiger partial charge in [-0.2, -0.15) is 5.10 Å². The summed E-state index contributed by atoms with van der Waals surface area (Å²) in [6, 6.07) is 7.16. The number of sulfone groups is 1. The second kappa shape index (κ2) is 7.86. The second-order valence-corrected chi connectivity index (χ2v) is 11.3. The molecule has 0 saturated heterocycles. The maximum atomic E-state index is 13.3. The zero-order valence-electron chi connectivity index (χ0n) is 17.3. The molecule has 2 aromatic rings. The zero-order valence-corrected chi connectivity index (χ0v) is 18.2. The van der Waals surface area contributed by atoms with E-state index >= 15 is 0 Å². The van der Waals surface area contributed by atoms with E-state index in [2.05, 4.69) is 10.2 Å². The number of hydrogen-bond donors (Lipinski definition) is 1. The van der Waals surface area contributed by atoms with E-state index < -0.39 is 9.84 Å². The van der Waals surface area contributed by atoms with Crippen LogP contribution in [0.25, 0.3) is 5.57 Å². The first-order valence-corrected chi connectivity index (χ1v) is 12.6. The number of nitrogens with zero attached hydrogens (tertiary/aromatic N) is 1. The fourth-order valence-electron chi connectivity index (χ4n) is 4.47. The Morgan fingerprint density at radius 1 is 1.13 bits per heavy atom. The number of Topliss-reactive ketones (excluding diaryl/α,β-unsaturated/α-hetero) is 2. The van der Waals surface area contributed by atoms with E-state index in [4.69, 9.17) is 0 Å². The van der Waals surface area contributed by atoms with Crippen LogP contribution in [0.3, 0.4) is 0 Å². The lowest BCUT2D eigenvalue weighted by Gasteiger charge is -2.15. The summed E-state index contributed by atoms with van der Waals surface area (Å²) in [5, 5.41) is 6.50. The lowest BCUT2D eigenvalue weighted by molar-refractivity contribution is -0.117. The highest BCUT2D eigenvalue weighted by Gasteiger charge is 2.40. The van der Waals surface area contributed by atoms with Crippen molar-refractivity contribution < 1.29 is 18.0 Å². The summed E-state index contributed by atoms with van der Waals surface area (Å²) >= 11 is 0. The van der Waals surface area contributed by atoms with Crippen LogP contribution in [0.2, 0.25) is 0 Å². The summed E-state index contributed by atoms with van der Waals surface area (Å²) in [7, 11) is -3.30. The number of ketones is 2. The summed E-state index contributed by atoms with van der Waals surface area (Å²) < 4.78 is 25.9. The molecule has 0 amide bonds. The van der Waals surface area contributed by atoms with Crippen LogP contribution in [-0.4, -0.2) is 35.4 Å². The number of allylic oxidation sites excluding steroid dienone is 2. The largest absolute Gasteiger partial charge is 0.300 e. The molecule has 3 saturated carbocycles. The lowest BCUT2D eigenvalue weighted by Crippen LogP contribution is -2.12. The topological polar surface area (TPSA) is 97.0 Å². The molecular formula is C24H26N2O4S. The van der Waals surface area contributed by atoms with Gasteiger partial charge in [-0.3, -0.25) is 14.7 Å². The van der Waals surface area contributed by atoms with E-state index in [0.29, 0.717) is 23.3 Å². The summed E-state index contributed by atoms with van der Waals surface area (Å²) in [6.07, 6.45) is 8.94. The average molecular weight is 439 g/mol. The summed E-state index contributed by atoms with van der Waals surface area (Å²) in [5.74, 6) is 0.474. The third kappa shape index (κ3) is 4.28. The highest BCUT2D eigenvalue weighted by atomic mass is 32.2. The Bertz CT molecular complexity index is 1160. The molecule has 0 unspecified atom stereocenters. The average Bonchev–Trinajstić information content (AvgIpc) is 3.67. The first kappa shape index (κ1) is 20.4. The Morgan fingerprint density at radius 3 is 2.55 bits per heavy atom. The number of benzene rings is 1. The Labute approximate surface area is 182 Å². The van der Waals surface area contributed by atoms with Crippen LogP contribution >= 0.6 is 0 Å². The number of carbonyl (C=O) groups is 2. The minimum atomic E-state index is -3.30. The maximum absolute atomic E-state index is 13.3.